The van der Waals surface area contributed by atoms with Crippen LogP contribution >= 0.6 is 16.4 Å². The van der Waals surface area contributed by atoms with Crippen LogP contribution in [-0.2, 0) is 0 Å². The highest BCUT2D eigenvalue weighted by Crippen LogP contribution is 2.22. The van der Waals surface area contributed by atoms with E-state index in [2.05, 4.69) is 18.5 Å². The van der Waals surface area contributed by atoms with E-state index < -0.39 is 0 Å². The third kappa shape index (κ3) is 0.834. The van der Waals surface area contributed by atoms with Crippen molar-refractivity contribution in [2.24, 2.45) is 0 Å². The molecule has 1 atom stereocenters. The quantitative estimate of drug-likeness (QED) is 0.488. The largest absolute Gasteiger partial charge is 0.132 e. The molecule has 2 heteroatoms. The Bertz CT molecular complexity index is 109. The Hall–Kier alpha value is 0.210. The molecule has 0 aromatic carbocycles. The van der Waals surface area contributed by atoms with Gasteiger partial charge in [-0.1, -0.05) is 8.19 Å². The summed E-state index contributed by atoms with van der Waals surface area (Å²) in [5.41, 5.74) is 0. The summed E-state index contributed by atoms with van der Waals surface area (Å²) in [6.45, 7) is 2.19. The van der Waals surface area contributed by atoms with Crippen LogP contribution in [0.2, 0.25) is 0 Å². The lowest BCUT2D eigenvalue weighted by Gasteiger charge is -1.66. The van der Waals surface area contributed by atoms with Crippen molar-refractivity contribution in [3.63, 3.8) is 0 Å². The molecule has 0 spiro atoms. The Morgan fingerprint density at radius 1 is 1.83 bits per heavy atom. The van der Waals surface area contributed by atoms with Crippen LogP contribution in [0.25, 0.3) is 0 Å². The molecule has 0 amide bonds. The maximum absolute atomic E-state index is 2.23. The molecule has 0 saturated carbocycles. The summed E-state index contributed by atoms with van der Waals surface area (Å²) in [5.74, 6) is 4.44. The van der Waals surface area contributed by atoms with Crippen molar-refractivity contribution in [3.05, 3.63) is 16.6 Å². The Labute approximate surface area is 40.8 Å². The van der Waals surface area contributed by atoms with Gasteiger partial charge in [-0.05, 0) is 23.5 Å². The van der Waals surface area contributed by atoms with Crippen molar-refractivity contribution in [1.82, 2.24) is 0 Å². The molecule has 0 nitrogen and oxygen atoms in total. The maximum atomic E-state index is 2.23. The Balaban J connectivity index is 3.05. The Morgan fingerprint density at radius 2 is 2.67 bits per heavy atom. The van der Waals surface area contributed by atoms with Crippen LogP contribution in [0, 0.1) is 6.92 Å². The van der Waals surface area contributed by atoms with Gasteiger partial charge in [-0.15, -0.1) is 8.19 Å². The fraction of sp³-hybridized carbons (Fsp3) is 0.250. The van der Waals surface area contributed by atoms with Crippen LogP contribution in [0.4, 0.5) is 0 Å². The minimum atomic E-state index is 1.01. The van der Waals surface area contributed by atoms with Gasteiger partial charge in [0.2, 0.25) is 0 Å². The van der Waals surface area contributed by atoms with Gasteiger partial charge < -0.3 is 0 Å². The van der Waals surface area contributed by atoms with Crippen LogP contribution in [0.5, 0.6) is 0 Å². The van der Waals surface area contributed by atoms with Crippen LogP contribution in [0.3, 0.4) is 0 Å². The summed E-state index contributed by atoms with van der Waals surface area (Å²) >= 11 is 0. The minimum Gasteiger partial charge on any atom is -0.132 e. The topological polar surface area (TPSA) is 0 Å². The summed E-state index contributed by atoms with van der Waals surface area (Å²) in [6, 6.07) is 0. The number of hydrogen-bond donors (Lipinski definition) is 0. The molecule has 0 bridgehead atoms. The van der Waals surface area contributed by atoms with Crippen molar-refractivity contribution in [1.29, 1.82) is 0 Å². The molecule has 32 valence electrons. The van der Waals surface area contributed by atoms with Crippen molar-refractivity contribution in [2.45, 2.75) is 6.92 Å². The average molecular weight is 116 g/mol. The number of hydrogen-bond acceptors (Lipinski definition) is 0. The molecular weight excluding hydrogens is 110 g/mol. The zero-order chi connectivity index (χ0) is 4.41. The summed E-state index contributed by atoms with van der Waals surface area (Å²) in [7, 11) is 2.44. The third-order valence-electron chi connectivity index (χ3n) is 0.635. The van der Waals surface area contributed by atoms with E-state index >= 15 is 0 Å². The van der Waals surface area contributed by atoms with E-state index in [-0.39, 0.29) is 0 Å². The Morgan fingerprint density at radius 3 is 2.83 bits per heavy atom. The van der Waals surface area contributed by atoms with E-state index in [1.54, 1.807) is 5.03 Å². The predicted molar refractivity (Wildman–Crippen MR) is 33.2 cm³/mol. The van der Waals surface area contributed by atoms with Gasteiger partial charge in [-0.2, -0.15) is 0 Å². The molecule has 0 aliphatic heterocycles. The first-order valence-electron chi connectivity index (χ1n) is 1.85. The lowest BCUT2D eigenvalue weighted by Crippen LogP contribution is -1.30. The summed E-state index contributed by atoms with van der Waals surface area (Å²) in [4.78, 5) is 0. The van der Waals surface area contributed by atoms with E-state index in [1.165, 1.54) is 8.19 Å². The van der Waals surface area contributed by atoms with Crippen molar-refractivity contribution >= 4 is 16.4 Å². The van der Waals surface area contributed by atoms with Gasteiger partial charge in [-0.3, -0.25) is 0 Å². The first kappa shape index (κ1) is 4.37. The molecule has 0 N–H and O–H groups in total. The SMILES string of the molecule is Cc1pcc[pH]1. The van der Waals surface area contributed by atoms with Crippen LogP contribution in [0.1, 0.15) is 5.03 Å². The molecule has 0 saturated heterocycles. The second-order valence-corrected chi connectivity index (χ2v) is 4.19. The summed E-state index contributed by atoms with van der Waals surface area (Å²) in [6.07, 6.45) is 0. The zero-order valence-electron chi connectivity index (χ0n) is 3.60. The van der Waals surface area contributed by atoms with Crippen molar-refractivity contribution in [3.8, 4) is 0 Å². The van der Waals surface area contributed by atoms with Gasteiger partial charge in [0.25, 0.3) is 0 Å². The highest BCUT2D eigenvalue weighted by Gasteiger charge is 1.74. The fourth-order valence-electron chi connectivity index (χ4n) is 0.344. The van der Waals surface area contributed by atoms with E-state index in [9.17, 15) is 0 Å². The molecule has 0 radical (unpaired) electrons. The molecule has 1 aromatic rings. The molecule has 1 heterocycles. The van der Waals surface area contributed by atoms with E-state index in [0.717, 1.165) is 8.19 Å². The van der Waals surface area contributed by atoms with Gasteiger partial charge >= 0.3 is 0 Å². The van der Waals surface area contributed by atoms with Crippen LogP contribution < -0.4 is 0 Å². The molecule has 0 fully saturated rings. The lowest BCUT2D eigenvalue weighted by molar-refractivity contribution is 1.78. The maximum Gasteiger partial charge on any atom is -0.00725 e. The molecular formula is C4H6P2. The highest BCUT2D eigenvalue weighted by atomic mass is 31.1. The standard InChI is InChI=1S/C4H6P2/c1-4-5-2-3-6-4/h2-3,5H,1H3. The second kappa shape index (κ2) is 1.78. The van der Waals surface area contributed by atoms with Crippen LogP contribution in [-0.4, -0.2) is 0 Å². The summed E-state index contributed by atoms with van der Waals surface area (Å²) < 4.78 is 0. The van der Waals surface area contributed by atoms with E-state index in [0.29, 0.717) is 0 Å². The molecule has 1 rings (SSSR count). The van der Waals surface area contributed by atoms with Gasteiger partial charge in [0.05, 0.1) is 0 Å². The first-order chi connectivity index (χ1) is 2.89. The van der Waals surface area contributed by atoms with E-state index in [1.807, 2.05) is 0 Å². The van der Waals surface area contributed by atoms with Gasteiger partial charge in [0.1, 0.15) is 0 Å². The lowest BCUT2D eigenvalue weighted by atomic mass is 11.0. The fourth-order valence-corrected chi connectivity index (χ4v) is 2.15. The molecule has 1 unspecified atom stereocenters. The van der Waals surface area contributed by atoms with Crippen molar-refractivity contribution in [2.75, 3.05) is 0 Å². The Kier molecular flexibility index (Phi) is 1.29. The average Bonchev–Trinajstić information content (AvgIpc) is 1.86. The smallest absolute Gasteiger partial charge is 0.00725 e. The molecule has 6 heavy (non-hydrogen) atoms. The van der Waals surface area contributed by atoms with Gasteiger partial charge in [0.15, 0.2) is 0 Å². The monoisotopic (exact) mass is 116 g/mol. The van der Waals surface area contributed by atoms with E-state index in [4.69, 9.17) is 0 Å². The van der Waals surface area contributed by atoms with Crippen LogP contribution in [0.15, 0.2) is 11.6 Å². The van der Waals surface area contributed by atoms with Gasteiger partial charge in [0, 0.05) is 0 Å². The van der Waals surface area contributed by atoms with Crippen molar-refractivity contribution < 1.29 is 0 Å². The first-order valence-corrected chi connectivity index (χ1v) is 3.89. The molecule has 0 aliphatic carbocycles. The number of rotatable bonds is 0. The molecule has 0 aliphatic rings. The minimum absolute atomic E-state index is 1.01. The second-order valence-electron chi connectivity index (χ2n) is 1.17. The predicted octanol–water partition coefficient (Wildman–Crippen LogP) is 2.61. The molecule has 1 aromatic heterocycles. The summed E-state index contributed by atoms with van der Waals surface area (Å²) in [5, 5.41) is 1.59. The number of aryl methyl sites for hydroxylation is 1. The highest BCUT2D eigenvalue weighted by molar-refractivity contribution is 7.48. The third-order valence-corrected chi connectivity index (χ3v) is 3.13. The zero-order valence-corrected chi connectivity index (χ0v) is 5.50. The van der Waals surface area contributed by atoms with Gasteiger partial charge in [-0.25, -0.2) is 0 Å². The normalized spacial score (nSPS) is 11.5.